The highest BCUT2D eigenvalue weighted by Crippen LogP contribution is 2.02. The van der Waals surface area contributed by atoms with Crippen molar-refractivity contribution in [3.63, 3.8) is 0 Å². The fourth-order valence-electron chi connectivity index (χ4n) is 1.09. The van der Waals surface area contributed by atoms with E-state index in [0.29, 0.717) is 6.61 Å². The number of unbranched alkanes of at least 4 members (excludes halogenated alkanes) is 4. The van der Waals surface area contributed by atoms with Crippen LogP contribution in [0.4, 0.5) is 0 Å². The first-order valence-corrected chi connectivity index (χ1v) is 5.10. The molecule has 0 aromatic rings. The highest BCUT2D eigenvalue weighted by Gasteiger charge is 1.89. The summed E-state index contributed by atoms with van der Waals surface area (Å²) in [6.45, 7) is 4.27. The quantitative estimate of drug-likeness (QED) is 0.544. The van der Waals surface area contributed by atoms with Crippen molar-refractivity contribution in [3.8, 4) is 0 Å². The molecule has 74 valence electrons. The summed E-state index contributed by atoms with van der Waals surface area (Å²) < 4.78 is 5.34. The van der Waals surface area contributed by atoms with E-state index < -0.39 is 0 Å². The third-order valence-electron chi connectivity index (χ3n) is 1.80. The van der Waals surface area contributed by atoms with Gasteiger partial charge in [-0.15, -0.1) is 0 Å². The van der Waals surface area contributed by atoms with Gasteiger partial charge in [0, 0.05) is 19.8 Å². The summed E-state index contributed by atoms with van der Waals surface area (Å²) in [7, 11) is 0. The Hall–Kier alpha value is -0.0800. The number of rotatable bonds is 9. The van der Waals surface area contributed by atoms with Gasteiger partial charge in [-0.05, 0) is 19.3 Å². The molecule has 0 fully saturated rings. The van der Waals surface area contributed by atoms with Crippen LogP contribution in [0.25, 0.3) is 0 Å². The monoisotopic (exact) mass is 174 g/mol. The zero-order valence-corrected chi connectivity index (χ0v) is 8.22. The van der Waals surface area contributed by atoms with E-state index in [1.54, 1.807) is 0 Å². The molecule has 0 spiro atoms. The van der Waals surface area contributed by atoms with Crippen LogP contribution in [-0.2, 0) is 4.74 Å². The fraction of sp³-hybridized carbons (Fsp3) is 1.00. The van der Waals surface area contributed by atoms with Gasteiger partial charge in [0.15, 0.2) is 0 Å². The largest absolute Gasteiger partial charge is 0.396 e. The molecule has 0 saturated heterocycles. The highest BCUT2D eigenvalue weighted by molar-refractivity contribution is 4.43. The Morgan fingerprint density at radius 3 is 2.25 bits per heavy atom. The molecule has 0 rings (SSSR count). The number of ether oxygens (including phenoxy) is 1. The van der Waals surface area contributed by atoms with Gasteiger partial charge in [-0.1, -0.05) is 26.2 Å². The molecule has 0 heterocycles. The Bertz CT molecular complexity index is 64.2. The molecule has 0 amide bonds. The summed E-state index contributed by atoms with van der Waals surface area (Å²) in [4.78, 5) is 0. The van der Waals surface area contributed by atoms with Crippen LogP contribution in [0.15, 0.2) is 0 Å². The summed E-state index contributed by atoms with van der Waals surface area (Å²) in [5, 5.41) is 8.51. The van der Waals surface area contributed by atoms with Crippen LogP contribution in [0, 0.1) is 0 Å². The van der Waals surface area contributed by atoms with Crippen molar-refractivity contribution in [2.24, 2.45) is 0 Å². The molecule has 0 atom stereocenters. The second kappa shape index (κ2) is 10.9. The number of aliphatic hydroxyl groups excluding tert-OH is 1. The summed E-state index contributed by atoms with van der Waals surface area (Å²) in [6, 6.07) is 0. The molecule has 1 N–H and O–H groups in total. The minimum atomic E-state index is 0.340. The Balaban J connectivity index is 2.73. The van der Waals surface area contributed by atoms with E-state index in [4.69, 9.17) is 9.84 Å². The van der Waals surface area contributed by atoms with Gasteiger partial charge in [-0.3, -0.25) is 0 Å². The number of hydrogen-bond donors (Lipinski definition) is 1. The first-order valence-electron chi connectivity index (χ1n) is 5.10. The summed E-state index contributed by atoms with van der Waals surface area (Å²) in [5.41, 5.74) is 0. The topological polar surface area (TPSA) is 29.5 Å². The maximum atomic E-state index is 8.51. The van der Waals surface area contributed by atoms with Crippen molar-refractivity contribution in [2.75, 3.05) is 19.8 Å². The molecular formula is C10H22O2. The smallest absolute Gasteiger partial charge is 0.0466 e. The Labute approximate surface area is 75.9 Å². The van der Waals surface area contributed by atoms with Gasteiger partial charge in [-0.25, -0.2) is 0 Å². The number of aliphatic hydroxyl groups is 1. The molecule has 0 saturated carbocycles. The Morgan fingerprint density at radius 1 is 0.917 bits per heavy atom. The number of hydrogen-bond acceptors (Lipinski definition) is 2. The van der Waals surface area contributed by atoms with Crippen molar-refractivity contribution < 1.29 is 9.84 Å². The third-order valence-corrected chi connectivity index (χ3v) is 1.80. The molecule has 2 heteroatoms. The minimum absolute atomic E-state index is 0.340. The van der Waals surface area contributed by atoms with Gasteiger partial charge in [0.1, 0.15) is 0 Å². The molecular weight excluding hydrogens is 152 g/mol. The molecule has 0 aromatic heterocycles. The lowest BCUT2D eigenvalue weighted by molar-refractivity contribution is 0.130. The summed E-state index contributed by atoms with van der Waals surface area (Å²) in [6.07, 6.45) is 6.87. The van der Waals surface area contributed by atoms with Gasteiger partial charge < -0.3 is 9.84 Å². The van der Waals surface area contributed by atoms with E-state index in [0.717, 1.165) is 32.5 Å². The van der Waals surface area contributed by atoms with Crippen LogP contribution >= 0.6 is 0 Å². The van der Waals surface area contributed by atoms with Gasteiger partial charge in [0.2, 0.25) is 0 Å². The Kier molecular flexibility index (Phi) is 10.8. The van der Waals surface area contributed by atoms with Crippen molar-refractivity contribution in [2.45, 2.75) is 45.4 Å². The average molecular weight is 174 g/mol. The van der Waals surface area contributed by atoms with Gasteiger partial charge >= 0.3 is 0 Å². The minimum Gasteiger partial charge on any atom is -0.396 e. The van der Waals surface area contributed by atoms with Gasteiger partial charge in [0.25, 0.3) is 0 Å². The summed E-state index contributed by atoms with van der Waals surface area (Å²) in [5.74, 6) is 0. The highest BCUT2D eigenvalue weighted by atomic mass is 16.5. The zero-order valence-electron chi connectivity index (χ0n) is 8.22. The third kappa shape index (κ3) is 9.92. The molecule has 0 radical (unpaired) electrons. The average Bonchev–Trinajstić information content (AvgIpc) is 2.10. The van der Waals surface area contributed by atoms with Crippen molar-refractivity contribution >= 4 is 0 Å². The molecule has 0 aliphatic rings. The van der Waals surface area contributed by atoms with E-state index in [-0.39, 0.29) is 0 Å². The van der Waals surface area contributed by atoms with E-state index in [2.05, 4.69) is 6.92 Å². The molecule has 0 aliphatic heterocycles. The molecule has 0 unspecified atom stereocenters. The SMILES string of the molecule is CCCOCCCCCCCO. The second-order valence-electron chi connectivity index (χ2n) is 3.10. The van der Waals surface area contributed by atoms with Gasteiger partial charge in [-0.2, -0.15) is 0 Å². The standard InChI is InChI=1S/C10H22O2/c1-2-9-12-10-7-5-3-4-6-8-11/h11H,2-10H2,1H3. The first kappa shape index (κ1) is 11.9. The second-order valence-corrected chi connectivity index (χ2v) is 3.10. The van der Waals surface area contributed by atoms with Crippen LogP contribution < -0.4 is 0 Å². The normalized spacial score (nSPS) is 10.5. The van der Waals surface area contributed by atoms with E-state index in [1.165, 1.54) is 19.3 Å². The first-order chi connectivity index (χ1) is 5.91. The van der Waals surface area contributed by atoms with E-state index >= 15 is 0 Å². The van der Waals surface area contributed by atoms with Crippen LogP contribution in [0.3, 0.4) is 0 Å². The van der Waals surface area contributed by atoms with Crippen LogP contribution in [0.1, 0.15) is 45.4 Å². The van der Waals surface area contributed by atoms with Crippen molar-refractivity contribution in [1.29, 1.82) is 0 Å². The van der Waals surface area contributed by atoms with Gasteiger partial charge in [0.05, 0.1) is 0 Å². The van der Waals surface area contributed by atoms with Crippen LogP contribution in [0.5, 0.6) is 0 Å². The van der Waals surface area contributed by atoms with E-state index in [9.17, 15) is 0 Å². The zero-order chi connectivity index (χ0) is 9.07. The predicted molar refractivity (Wildman–Crippen MR) is 51.3 cm³/mol. The predicted octanol–water partition coefficient (Wildman–Crippen LogP) is 2.36. The molecule has 0 aromatic carbocycles. The maximum absolute atomic E-state index is 8.51. The Morgan fingerprint density at radius 2 is 1.58 bits per heavy atom. The summed E-state index contributed by atoms with van der Waals surface area (Å²) >= 11 is 0. The van der Waals surface area contributed by atoms with Crippen LogP contribution in [-0.4, -0.2) is 24.9 Å². The van der Waals surface area contributed by atoms with Crippen molar-refractivity contribution in [3.05, 3.63) is 0 Å². The lowest BCUT2D eigenvalue weighted by Gasteiger charge is -2.01. The van der Waals surface area contributed by atoms with E-state index in [1.807, 2.05) is 0 Å². The fourth-order valence-corrected chi connectivity index (χ4v) is 1.09. The molecule has 0 bridgehead atoms. The molecule has 12 heavy (non-hydrogen) atoms. The molecule has 0 aliphatic carbocycles. The maximum Gasteiger partial charge on any atom is 0.0466 e. The molecule has 2 nitrogen and oxygen atoms in total. The lowest BCUT2D eigenvalue weighted by atomic mass is 10.1. The lowest BCUT2D eigenvalue weighted by Crippen LogP contribution is -1.95. The van der Waals surface area contributed by atoms with Crippen molar-refractivity contribution in [1.82, 2.24) is 0 Å². The van der Waals surface area contributed by atoms with Crippen LogP contribution in [0.2, 0.25) is 0 Å².